The minimum absolute atomic E-state index is 0.0561. The van der Waals surface area contributed by atoms with Crippen molar-refractivity contribution in [3.63, 3.8) is 0 Å². The number of amides is 1. The summed E-state index contributed by atoms with van der Waals surface area (Å²) in [5.41, 5.74) is 0. The maximum absolute atomic E-state index is 12.2. The molecule has 1 rings (SSSR count). The van der Waals surface area contributed by atoms with Crippen molar-refractivity contribution in [2.75, 3.05) is 6.54 Å². The molecule has 0 aliphatic carbocycles. The highest BCUT2D eigenvalue weighted by molar-refractivity contribution is 5.79. The van der Waals surface area contributed by atoms with Gasteiger partial charge >= 0.3 is 5.97 Å². The van der Waals surface area contributed by atoms with Gasteiger partial charge in [0, 0.05) is 32.2 Å². The summed E-state index contributed by atoms with van der Waals surface area (Å²) in [6.45, 7) is 8.46. The molecule has 3 atom stereocenters. The van der Waals surface area contributed by atoms with Gasteiger partial charge in [-0.25, -0.2) is 0 Å². The Morgan fingerprint density at radius 1 is 1.24 bits per heavy atom. The standard InChI is InChI=1S/C24H39NO4/c1-5-6-9-12-20(4)22(26)16-14-21-15-17-23(27)25(21)18-11-8-7-10-13-24(28)29-19(2)3/h14,16,19-22,26H,5,7-8,10-13,15,17-18H2,1-4H3/t20-,21-,22+/m0/s1. The fourth-order valence-corrected chi connectivity index (χ4v) is 3.38. The molecule has 5 nitrogen and oxygen atoms in total. The molecule has 1 aliphatic heterocycles. The van der Waals surface area contributed by atoms with E-state index in [0.717, 1.165) is 45.1 Å². The summed E-state index contributed by atoms with van der Waals surface area (Å²) in [6, 6.07) is 0.0760. The molecule has 1 aliphatic rings. The predicted molar refractivity (Wildman–Crippen MR) is 116 cm³/mol. The fraction of sp³-hybridized carbons (Fsp3) is 0.750. The molecular formula is C24H39NO4. The molecular weight excluding hydrogens is 366 g/mol. The molecule has 0 aromatic carbocycles. The second-order valence-electron chi connectivity index (χ2n) is 8.16. The first-order chi connectivity index (χ1) is 13.8. The highest BCUT2D eigenvalue weighted by atomic mass is 16.5. The first kappa shape index (κ1) is 25.2. The average molecular weight is 406 g/mol. The summed E-state index contributed by atoms with van der Waals surface area (Å²) in [7, 11) is 0. The van der Waals surface area contributed by atoms with Crippen LogP contribution in [0.3, 0.4) is 0 Å². The Bertz CT molecular complexity index is 587. The van der Waals surface area contributed by atoms with Gasteiger partial charge in [0.2, 0.25) is 5.91 Å². The number of hydrogen-bond acceptors (Lipinski definition) is 4. The molecule has 0 spiro atoms. The molecule has 0 aromatic heterocycles. The quantitative estimate of drug-likeness (QED) is 0.228. The lowest BCUT2D eigenvalue weighted by Gasteiger charge is -2.23. The number of unbranched alkanes of at least 4 members (excludes halogenated alkanes) is 3. The number of ether oxygens (including phenoxy) is 1. The summed E-state index contributed by atoms with van der Waals surface area (Å²) in [5, 5.41) is 10.3. The number of hydrogen-bond donors (Lipinski definition) is 1. The summed E-state index contributed by atoms with van der Waals surface area (Å²) < 4.78 is 5.13. The first-order valence-corrected chi connectivity index (χ1v) is 11.2. The Balaban J connectivity index is 2.33. The molecule has 1 amide bonds. The van der Waals surface area contributed by atoms with Crippen LogP contribution in [0.1, 0.15) is 85.5 Å². The van der Waals surface area contributed by atoms with Gasteiger partial charge in [-0.2, -0.15) is 0 Å². The van der Waals surface area contributed by atoms with Crippen molar-refractivity contribution in [2.45, 2.75) is 104 Å². The average Bonchev–Trinajstić information content (AvgIpc) is 3.01. The Hall–Kier alpha value is -1.80. The van der Waals surface area contributed by atoms with E-state index in [1.165, 1.54) is 0 Å². The van der Waals surface area contributed by atoms with Crippen molar-refractivity contribution in [1.29, 1.82) is 0 Å². The monoisotopic (exact) mass is 405 g/mol. The van der Waals surface area contributed by atoms with E-state index >= 15 is 0 Å². The van der Waals surface area contributed by atoms with E-state index in [1.807, 2.05) is 44.7 Å². The van der Waals surface area contributed by atoms with E-state index < -0.39 is 6.10 Å². The number of nitrogens with zero attached hydrogens (tertiary/aromatic N) is 1. The first-order valence-electron chi connectivity index (χ1n) is 11.2. The lowest BCUT2D eigenvalue weighted by molar-refractivity contribution is -0.147. The Kier molecular flexibility index (Phi) is 12.4. The summed E-state index contributed by atoms with van der Waals surface area (Å²) in [4.78, 5) is 25.6. The lowest BCUT2D eigenvalue weighted by Crippen LogP contribution is -2.33. The third-order valence-corrected chi connectivity index (χ3v) is 5.11. The zero-order valence-electron chi connectivity index (χ0n) is 18.7. The summed E-state index contributed by atoms with van der Waals surface area (Å²) >= 11 is 0. The van der Waals surface area contributed by atoms with Gasteiger partial charge < -0.3 is 14.7 Å². The highest BCUT2D eigenvalue weighted by Gasteiger charge is 2.28. The largest absolute Gasteiger partial charge is 0.463 e. The number of carbonyl (C=O) groups excluding carboxylic acids is 2. The molecule has 164 valence electrons. The van der Waals surface area contributed by atoms with Gasteiger partial charge in [-0.05, 0) is 39.0 Å². The molecule has 1 N–H and O–H groups in total. The van der Waals surface area contributed by atoms with Crippen LogP contribution >= 0.6 is 0 Å². The van der Waals surface area contributed by atoms with Crippen LogP contribution in [-0.4, -0.2) is 46.7 Å². The third-order valence-electron chi connectivity index (χ3n) is 5.11. The Morgan fingerprint density at radius 3 is 2.66 bits per heavy atom. The Morgan fingerprint density at radius 2 is 1.97 bits per heavy atom. The molecule has 0 unspecified atom stereocenters. The van der Waals surface area contributed by atoms with Crippen molar-refractivity contribution in [3.05, 3.63) is 12.2 Å². The number of likely N-dealkylation sites (tertiary alicyclic amines) is 1. The smallest absolute Gasteiger partial charge is 0.306 e. The zero-order valence-corrected chi connectivity index (χ0v) is 18.7. The maximum atomic E-state index is 12.2. The van der Waals surface area contributed by atoms with Crippen molar-refractivity contribution in [3.8, 4) is 11.8 Å². The van der Waals surface area contributed by atoms with Crippen LogP contribution in [0.15, 0.2) is 12.2 Å². The lowest BCUT2D eigenvalue weighted by atomic mass is 10.00. The summed E-state index contributed by atoms with van der Waals surface area (Å²) in [6.07, 6.45) is 10.3. The van der Waals surface area contributed by atoms with Gasteiger partial charge in [-0.15, -0.1) is 11.8 Å². The topological polar surface area (TPSA) is 66.8 Å². The minimum Gasteiger partial charge on any atom is -0.463 e. The van der Waals surface area contributed by atoms with E-state index in [-0.39, 0.29) is 29.9 Å². The molecule has 5 heteroatoms. The maximum Gasteiger partial charge on any atom is 0.306 e. The van der Waals surface area contributed by atoms with Crippen LogP contribution in [-0.2, 0) is 14.3 Å². The van der Waals surface area contributed by atoms with E-state index in [0.29, 0.717) is 19.3 Å². The van der Waals surface area contributed by atoms with Crippen LogP contribution in [0, 0.1) is 17.8 Å². The van der Waals surface area contributed by atoms with Gasteiger partial charge in [0.15, 0.2) is 0 Å². The van der Waals surface area contributed by atoms with Gasteiger partial charge in [-0.3, -0.25) is 9.59 Å². The highest BCUT2D eigenvalue weighted by Crippen LogP contribution is 2.22. The van der Waals surface area contributed by atoms with E-state index in [2.05, 4.69) is 11.8 Å². The predicted octanol–water partition coefficient (Wildman–Crippen LogP) is 4.24. The molecule has 1 fully saturated rings. The van der Waals surface area contributed by atoms with Gasteiger partial charge in [0.05, 0.1) is 18.2 Å². The molecule has 0 bridgehead atoms. The molecule has 29 heavy (non-hydrogen) atoms. The zero-order chi connectivity index (χ0) is 21.6. The number of aliphatic hydroxyl groups excluding tert-OH is 1. The van der Waals surface area contributed by atoms with Gasteiger partial charge in [0.1, 0.15) is 0 Å². The molecule has 0 radical (unpaired) electrons. The normalized spacial score (nSPS) is 18.8. The van der Waals surface area contributed by atoms with Crippen molar-refractivity contribution < 1.29 is 19.4 Å². The van der Waals surface area contributed by atoms with Crippen molar-refractivity contribution in [2.24, 2.45) is 5.92 Å². The van der Waals surface area contributed by atoms with Crippen LogP contribution in [0.4, 0.5) is 0 Å². The van der Waals surface area contributed by atoms with Crippen LogP contribution in [0.2, 0.25) is 0 Å². The summed E-state index contributed by atoms with van der Waals surface area (Å²) in [5.74, 6) is 6.26. The number of carbonyl (C=O) groups is 2. The van der Waals surface area contributed by atoms with Crippen LogP contribution < -0.4 is 0 Å². The van der Waals surface area contributed by atoms with Crippen LogP contribution in [0.25, 0.3) is 0 Å². The van der Waals surface area contributed by atoms with E-state index in [4.69, 9.17) is 4.74 Å². The van der Waals surface area contributed by atoms with Gasteiger partial charge in [-0.1, -0.05) is 38.8 Å². The van der Waals surface area contributed by atoms with Crippen molar-refractivity contribution >= 4 is 11.9 Å². The second kappa shape index (κ2) is 14.2. The molecule has 0 aromatic rings. The number of esters is 1. The van der Waals surface area contributed by atoms with E-state index in [9.17, 15) is 14.7 Å². The second-order valence-corrected chi connectivity index (χ2v) is 8.16. The minimum atomic E-state index is -0.538. The van der Waals surface area contributed by atoms with Crippen molar-refractivity contribution in [1.82, 2.24) is 4.90 Å². The Labute approximate surface area is 176 Å². The molecule has 0 saturated carbocycles. The van der Waals surface area contributed by atoms with E-state index in [1.54, 1.807) is 0 Å². The third kappa shape index (κ3) is 10.5. The van der Waals surface area contributed by atoms with Gasteiger partial charge in [0.25, 0.3) is 0 Å². The number of rotatable bonds is 12. The van der Waals surface area contributed by atoms with Crippen LogP contribution in [0.5, 0.6) is 0 Å². The SMILES string of the molecule is CCC#CC[C@H](C)[C@H](O)C=C[C@H]1CCC(=O)N1CCCCCCC(=O)OC(C)C. The molecule has 1 saturated heterocycles. The molecule has 1 heterocycles. The number of aliphatic hydroxyl groups is 1. The fourth-order valence-electron chi connectivity index (χ4n) is 3.38.